The van der Waals surface area contributed by atoms with Crippen molar-refractivity contribution in [1.82, 2.24) is 0 Å². The van der Waals surface area contributed by atoms with Crippen LogP contribution in [0.15, 0.2) is 12.2 Å². The minimum absolute atomic E-state index is 0.194. The Hall–Kier alpha value is -0.870. The number of carboxylic acids is 1. The van der Waals surface area contributed by atoms with E-state index in [-0.39, 0.29) is 11.9 Å². The van der Waals surface area contributed by atoms with Crippen molar-refractivity contribution in [3.63, 3.8) is 0 Å². The molecule has 0 heterocycles. The number of aliphatic carboxylic acids is 1. The summed E-state index contributed by atoms with van der Waals surface area (Å²) in [6.45, 7) is 8.54. The Morgan fingerprint density at radius 3 is 2.53 bits per heavy atom. The summed E-state index contributed by atoms with van der Waals surface area (Å²) in [6.07, 6.45) is 1.54. The molecule has 4 nitrogen and oxygen atoms in total. The molecule has 0 saturated carbocycles. The summed E-state index contributed by atoms with van der Waals surface area (Å²) in [7, 11) is 0. The zero-order valence-electron chi connectivity index (χ0n) is 9.49. The van der Waals surface area contributed by atoms with Crippen molar-refractivity contribution in [3.05, 3.63) is 12.2 Å². The van der Waals surface area contributed by atoms with Crippen LogP contribution in [0.3, 0.4) is 0 Å². The maximum atomic E-state index is 10.5. The molecule has 0 bridgehead atoms. The van der Waals surface area contributed by atoms with Crippen molar-refractivity contribution >= 4 is 5.97 Å². The fraction of sp³-hybridized carbons (Fsp3) is 0.727. The summed E-state index contributed by atoms with van der Waals surface area (Å²) in [4.78, 5) is 10.5. The minimum atomic E-state index is -0.958. The van der Waals surface area contributed by atoms with Gasteiger partial charge in [-0.25, -0.2) is 4.79 Å². The molecule has 1 N–H and O–H groups in total. The molecule has 1 unspecified atom stereocenters. The van der Waals surface area contributed by atoms with Gasteiger partial charge in [-0.2, -0.15) is 0 Å². The highest BCUT2D eigenvalue weighted by Gasteiger charge is 2.11. The van der Waals surface area contributed by atoms with Crippen LogP contribution in [0.2, 0.25) is 0 Å². The molecular formula is C11H20O4. The van der Waals surface area contributed by atoms with E-state index in [0.717, 1.165) is 6.42 Å². The van der Waals surface area contributed by atoms with Gasteiger partial charge >= 0.3 is 5.97 Å². The predicted molar refractivity (Wildman–Crippen MR) is 57.7 cm³/mol. The largest absolute Gasteiger partial charge is 0.478 e. The Bertz CT molecular complexity index is 201. The first-order valence-electron chi connectivity index (χ1n) is 5.26. The Balaban J connectivity index is 3.83. The maximum Gasteiger partial charge on any atom is 0.330 e. The van der Waals surface area contributed by atoms with E-state index in [2.05, 4.69) is 6.58 Å². The highest BCUT2D eigenvalue weighted by molar-refractivity contribution is 5.85. The molecular weight excluding hydrogens is 196 g/mol. The molecule has 88 valence electrons. The van der Waals surface area contributed by atoms with E-state index in [1.165, 1.54) is 0 Å². The van der Waals surface area contributed by atoms with Gasteiger partial charge < -0.3 is 14.6 Å². The first kappa shape index (κ1) is 14.1. The molecule has 15 heavy (non-hydrogen) atoms. The lowest BCUT2D eigenvalue weighted by Crippen LogP contribution is -2.18. The monoisotopic (exact) mass is 216 g/mol. The number of rotatable bonds is 9. The zero-order chi connectivity index (χ0) is 11.7. The second-order valence-corrected chi connectivity index (χ2v) is 3.20. The molecule has 0 saturated heterocycles. The third-order valence-corrected chi connectivity index (χ3v) is 1.84. The SMILES string of the molecule is C=C(CCC(OCC)OCCC)C(=O)O. The van der Waals surface area contributed by atoms with Crippen molar-refractivity contribution in [2.45, 2.75) is 39.4 Å². The molecule has 0 radical (unpaired) electrons. The predicted octanol–water partition coefficient (Wildman–Crippen LogP) is 2.20. The number of ether oxygens (including phenoxy) is 2. The first-order chi connectivity index (χ1) is 7.11. The highest BCUT2D eigenvalue weighted by Crippen LogP contribution is 2.10. The number of carbonyl (C=O) groups is 1. The van der Waals surface area contributed by atoms with Crippen molar-refractivity contribution < 1.29 is 19.4 Å². The summed E-state index contributed by atoms with van der Waals surface area (Å²) in [5, 5.41) is 8.62. The Kier molecular flexibility index (Phi) is 7.95. The van der Waals surface area contributed by atoms with E-state index in [1.807, 2.05) is 13.8 Å². The average molecular weight is 216 g/mol. The van der Waals surface area contributed by atoms with E-state index in [0.29, 0.717) is 26.1 Å². The van der Waals surface area contributed by atoms with E-state index in [4.69, 9.17) is 14.6 Å². The van der Waals surface area contributed by atoms with Gasteiger partial charge in [-0.1, -0.05) is 13.5 Å². The third-order valence-electron chi connectivity index (χ3n) is 1.84. The van der Waals surface area contributed by atoms with Crippen LogP contribution >= 0.6 is 0 Å². The molecule has 0 aromatic rings. The first-order valence-corrected chi connectivity index (χ1v) is 5.26. The molecule has 0 rings (SSSR count). The van der Waals surface area contributed by atoms with Crippen LogP contribution in [0, 0.1) is 0 Å². The topological polar surface area (TPSA) is 55.8 Å². The lowest BCUT2D eigenvalue weighted by atomic mass is 10.1. The smallest absolute Gasteiger partial charge is 0.330 e. The van der Waals surface area contributed by atoms with Gasteiger partial charge in [0.15, 0.2) is 6.29 Å². The lowest BCUT2D eigenvalue weighted by molar-refractivity contribution is -0.143. The molecule has 0 aromatic carbocycles. The van der Waals surface area contributed by atoms with Crippen LogP contribution < -0.4 is 0 Å². The lowest BCUT2D eigenvalue weighted by Gasteiger charge is -2.17. The number of hydrogen-bond donors (Lipinski definition) is 1. The van der Waals surface area contributed by atoms with E-state index in [1.54, 1.807) is 0 Å². The van der Waals surface area contributed by atoms with Crippen molar-refractivity contribution in [2.24, 2.45) is 0 Å². The Labute approximate surface area is 90.9 Å². The van der Waals surface area contributed by atoms with Gasteiger partial charge in [0.05, 0.1) is 0 Å². The Morgan fingerprint density at radius 1 is 1.40 bits per heavy atom. The normalized spacial score (nSPS) is 12.4. The van der Waals surface area contributed by atoms with Crippen LogP contribution in [0.5, 0.6) is 0 Å². The second kappa shape index (κ2) is 8.44. The Morgan fingerprint density at radius 2 is 2.07 bits per heavy atom. The van der Waals surface area contributed by atoms with E-state index >= 15 is 0 Å². The van der Waals surface area contributed by atoms with Crippen molar-refractivity contribution in [1.29, 1.82) is 0 Å². The van der Waals surface area contributed by atoms with Crippen LogP contribution in [-0.2, 0) is 14.3 Å². The third kappa shape index (κ3) is 7.11. The molecule has 4 heteroatoms. The fourth-order valence-corrected chi connectivity index (χ4v) is 1.05. The quantitative estimate of drug-likeness (QED) is 0.474. The van der Waals surface area contributed by atoms with Crippen LogP contribution in [0.25, 0.3) is 0 Å². The van der Waals surface area contributed by atoms with Gasteiger partial charge in [-0.15, -0.1) is 0 Å². The van der Waals surface area contributed by atoms with E-state index < -0.39 is 5.97 Å². The minimum Gasteiger partial charge on any atom is -0.478 e. The average Bonchev–Trinajstić information content (AvgIpc) is 2.21. The molecule has 0 aromatic heterocycles. The van der Waals surface area contributed by atoms with Crippen molar-refractivity contribution in [3.8, 4) is 0 Å². The second-order valence-electron chi connectivity index (χ2n) is 3.20. The van der Waals surface area contributed by atoms with Crippen LogP contribution in [0.4, 0.5) is 0 Å². The van der Waals surface area contributed by atoms with Gasteiger partial charge in [-0.05, 0) is 19.8 Å². The summed E-state index contributed by atoms with van der Waals surface area (Å²) in [5.41, 5.74) is 0.194. The van der Waals surface area contributed by atoms with Gasteiger partial charge in [0.25, 0.3) is 0 Å². The highest BCUT2D eigenvalue weighted by atomic mass is 16.7. The van der Waals surface area contributed by atoms with Crippen LogP contribution in [0.1, 0.15) is 33.1 Å². The summed E-state index contributed by atoms with van der Waals surface area (Å²) < 4.78 is 10.7. The van der Waals surface area contributed by atoms with Gasteiger partial charge in [0, 0.05) is 25.2 Å². The fourth-order valence-electron chi connectivity index (χ4n) is 1.05. The molecule has 0 aliphatic carbocycles. The summed E-state index contributed by atoms with van der Waals surface area (Å²) >= 11 is 0. The zero-order valence-corrected chi connectivity index (χ0v) is 9.49. The molecule has 0 aliphatic heterocycles. The van der Waals surface area contributed by atoms with E-state index in [9.17, 15) is 4.79 Å². The number of carboxylic acid groups (broad SMARTS) is 1. The molecule has 0 spiro atoms. The molecule has 0 amide bonds. The standard InChI is InChI=1S/C11H20O4/c1-4-8-15-10(14-5-2)7-6-9(3)11(12)13/h10H,3-8H2,1-2H3,(H,12,13). The van der Waals surface area contributed by atoms with Gasteiger partial charge in [0.1, 0.15) is 0 Å². The molecule has 0 aliphatic rings. The van der Waals surface area contributed by atoms with Gasteiger partial charge in [-0.3, -0.25) is 0 Å². The van der Waals surface area contributed by atoms with Crippen LogP contribution in [-0.4, -0.2) is 30.6 Å². The van der Waals surface area contributed by atoms with Gasteiger partial charge in [0.2, 0.25) is 0 Å². The maximum absolute atomic E-state index is 10.5. The molecule has 1 atom stereocenters. The summed E-state index contributed by atoms with van der Waals surface area (Å²) in [6, 6.07) is 0. The molecule has 0 fully saturated rings. The number of hydrogen-bond acceptors (Lipinski definition) is 3. The van der Waals surface area contributed by atoms with Crippen molar-refractivity contribution in [2.75, 3.05) is 13.2 Å². The summed E-state index contributed by atoms with van der Waals surface area (Å²) in [5.74, 6) is -0.958.